The van der Waals surface area contributed by atoms with Crippen molar-refractivity contribution in [2.75, 3.05) is 14.1 Å². The first-order valence-electron chi connectivity index (χ1n) is 6.53. The quantitative estimate of drug-likeness (QED) is 0.836. The highest BCUT2D eigenvalue weighted by molar-refractivity contribution is 5.25. The molecule has 1 N–H and O–H groups in total. The third-order valence-corrected chi connectivity index (χ3v) is 2.09. The van der Waals surface area contributed by atoms with Crippen LogP contribution in [0, 0.1) is 0 Å². The van der Waals surface area contributed by atoms with Gasteiger partial charge in [0.2, 0.25) is 0 Å². The smallest absolute Gasteiger partial charge is 0.00258 e. The number of hydrogen-bond acceptors (Lipinski definition) is 1. The van der Waals surface area contributed by atoms with Crippen LogP contribution in [0.25, 0.3) is 0 Å². The maximum Gasteiger partial charge on any atom is -0.00258 e. The minimum absolute atomic E-state index is 1.03. The van der Waals surface area contributed by atoms with Crippen molar-refractivity contribution in [2.24, 2.45) is 0 Å². The van der Waals surface area contributed by atoms with E-state index < -0.39 is 0 Å². The first-order valence-corrected chi connectivity index (χ1v) is 6.53. The topological polar surface area (TPSA) is 12.0 Å². The Bertz CT molecular complexity index is 330. The molecule has 0 amide bonds. The van der Waals surface area contributed by atoms with Gasteiger partial charge < -0.3 is 5.32 Å². The maximum absolute atomic E-state index is 2.75. The summed E-state index contributed by atoms with van der Waals surface area (Å²) in [6.45, 7) is 4.00. The Labute approximate surface area is 112 Å². The van der Waals surface area contributed by atoms with Gasteiger partial charge in [0.15, 0.2) is 0 Å². The van der Waals surface area contributed by atoms with E-state index in [1.54, 1.807) is 0 Å². The van der Waals surface area contributed by atoms with Gasteiger partial charge in [0.25, 0.3) is 0 Å². The Morgan fingerprint density at radius 3 is 1.22 bits per heavy atom. The van der Waals surface area contributed by atoms with Crippen LogP contribution < -0.4 is 5.32 Å². The van der Waals surface area contributed by atoms with Crippen molar-refractivity contribution in [2.45, 2.75) is 20.3 Å². The van der Waals surface area contributed by atoms with Crippen LogP contribution in [0.15, 0.2) is 60.7 Å². The summed E-state index contributed by atoms with van der Waals surface area (Å²) in [5, 5.41) is 2.75. The van der Waals surface area contributed by atoms with Crippen LogP contribution >= 0.6 is 0 Å². The summed E-state index contributed by atoms with van der Waals surface area (Å²) in [6, 6.07) is 21.1. The zero-order valence-corrected chi connectivity index (χ0v) is 12.0. The molecule has 0 fully saturated rings. The lowest BCUT2D eigenvalue weighted by Gasteiger charge is -2.00. The third-order valence-electron chi connectivity index (χ3n) is 2.09. The Hall–Kier alpha value is -1.60. The van der Waals surface area contributed by atoms with Gasteiger partial charge in [-0.3, -0.25) is 0 Å². The lowest BCUT2D eigenvalue weighted by Crippen LogP contribution is -1.89. The second-order valence-corrected chi connectivity index (χ2v) is 3.65. The second kappa shape index (κ2) is 11.9. The standard InChI is InChI=1S/C13H12.C2H7N.C2H6/c1-3-7-12(8-4-1)11-13-9-5-2-6-10-13;1-3-2;1-2/h1-10H,11H2;3H,1-2H3;1-2H3. The number of nitrogens with one attached hydrogen (secondary N) is 1. The van der Waals surface area contributed by atoms with Gasteiger partial charge in [-0.15, -0.1) is 0 Å². The van der Waals surface area contributed by atoms with E-state index in [-0.39, 0.29) is 0 Å². The van der Waals surface area contributed by atoms with Crippen molar-refractivity contribution in [1.82, 2.24) is 5.32 Å². The van der Waals surface area contributed by atoms with Crippen LogP contribution in [0.4, 0.5) is 0 Å². The highest BCUT2D eigenvalue weighted by atomic mass is 14.7. The first-order chi connectivity index (χ1) is 8.86. The number of hydrogen-bond donors (Lipinski definition) is 1. The fourth-order valence-electron chi connectivity index (χ4n) is 1.43. The van der Waals surface area contributed by atoms with Gasteiger partial charge in [-0.1, -0.05) is 74.5 Å². The minimum atomic E-state index is 1.03. The highest BCUT2D eigenvalue weighted by Crippen LogP contribution is 2.07. The zero-order valence-electron chi connectivity index (χ0n) is 12.0. The van der Waals surface area contributed by atoms with Crippen LogP contribution in [0.3, 0.4) is 0 Å². The van der Waals surface area contributed by atoms with Crippen molar-refractivity contribution in [3.63, 3.8) is 0 Å². The minimum Gasteiger partial charge on any atom is -0.323 e. The second-order valence-electron chi connectivity index (χ2n) is 3.65. The lowest BCUT2D eigenvalue weighted by molar-refractivity contribution is 1.02. The van der Waals surface area contributed by atoms with Crippen molar-refractivity contribution >= 4 is 0 Å². The molecule has 0 atom stereocenters. The molecule has 0 radical (unpaired) electrons. The van der Waals surface area contributed by atoms with E-state index in [2.05, 4.69) is 66.0 Å². The molecule has 0 aromatic heterocycles. The summed E-state index contributed by atoms with van der Waals surface area (Å²) in [4.78, 5) is 0. The van der Waals surface area contributed by atoms with Crippen molar-refractivity contribution in [1.29, 1.82) is 0 Å². The molecule has 98 valence electrons. The summed E-state index contributed by atoms with van der Waals surface area (Å²) < 4.78 is 0. The van der Waals surface area contributed by atoms with Gasteiger partial charge in [-0.25, -0.2) is 0 Å². The predicted molar refractivity (Wildman–Crippen MR) is 82.0 cm³/mol. The van der Waals surface area contributed by atoms with Crippen molar-refractivity contribution < 1.29 is 0 Å². The molecule has 2 aromatic carbocycles. The van der Waals surface area contributed by atoms with Gasteiger partial charge in [0.1, 0.15) is 0 Å². The van der Waals surface area contributed by atoms with Crippen LogP contribution in [-0.2, 0) is 6.42 Å². The molecular formula is C17H25N. The van der Waals surface area contributed by atoms with Gasteiger partial charge >= 0.3 is 0 Å². The maximum atomic E-state index is 2.75. The Kier molecular flexibility index (Phi) is 10.8. The molecule has 0 aliphatic heterocycles. The average Bonchev–Trinajstić information content (AvgIpc) is 2.44. The predicted octanol–water partition coefficient (Wildman–Crippen LogP) is 4.14. The van der Waals surface area contributed by atoms with Crippen LogP contribution in [0.2, 0.25) is 0 Å². The fourth-order valence-corrected chi connectivity index (χ4v) is 1.43. The van der Waals surface area contributed by atoms with Crippen LogP contribution in [-0.4, -0.2) is 14.1 Å². The fraction of sp³-hybridized carbons (Fsp3) is 0.294. The van der Waals surface area contributed by atoms with E-state index in [4.69, 9.17) is 0 Å². The molecule has 18 heavy (non-hydrogen) atoms. The molecule has 0 heterocycles. The number of benzene rings is 2. The molecule has 0 aliphatic carbocycles. The summed E-state index contributed by atoms with van der Waals surface area (Å²) in [6.07, 6.45) is 1.03. The van der Waals surface area contributed by atoms with E-state index in [9.17, 15) is 0 Å². The average molecular weight is 243 g/mol. The van der Waals surface area contributed by atoms with E-state index in [1.807, 2.05) is 27.9 Å². The monoisotopic (exact) mass is 243 g/mol. The van der Waals surface area contributed by atoms with Gasteiger partial charge in [0.05, 0.1) is 0 Å². The molecule has 0 saturated heterocycles. The van der Waals surface area contributed by atoms with E-state index >= 15 is 0 Å². The largest absolute Gasteiger partial charge is 0.323 e. The molecule has 0 saturated carbocycles. The summed E-state index contributed by atoms with van der Waals surface area (Å²) >= 11 is 0. The molecule has 2 rings (SSSR count). The van der Waals surface area contributed by atoms with Gasteiger partial charge in [0, 0.05) is 0 Å². The Balaban J connectivity index is 0.000000509. The molecule has 1 heteroatoms. The van der Waals surface area contributed by atoms with Crippen molar-refractivity contribution in [3.05, 3.63) is 71.8 Å². The van der Waals surface area contributed by atoms with Crippen molar-refractivity contribution in [3.8, 4) is 0 Å². The molecule has 2 aromatic rings. The molecule has 0 spiro atoms. The SMILES string of the molecule is CC.CNC.c1ccc(Cc2ccccc2)cc1. The molecule has 0 aliphatic rings. The van der Waals surface area contributed by atoms with E-state index in [1.165, 1.54) is 11.1 Å². The van der Waals surface area contributed by atoms with Gasteiger partial charge in [-0.05, 0) is 31.6 Å². The molecular weight excluding hydrogens is 218 g/mol. The summed E-state index contributed by atoms with van der Waals surface area (Å²) in [7, 11) is 3.75. The zero-order chi connectivity index (χ0) is 13.6. The number of rotatable bonds is 2. The summed E-state index contributed by atoms with van der Waals surface area (Å²) in [5.74, 6) is 0. The highest BCUT2D eigenvalue weighted by Gasteiger charge is 1.92. The van der Waals surface area contributed by atoms with E-state index in [0.29, 0.717) is 0 Å². The Morgan fingerprint density at radius 1 is 0.667 bits per heavy atom. The molecule has 1 nitrogen and oxygen atoms in total. The molecule has 0 bridgehead atoms. The first kappa shape index (κ1) is 16.4. The third kappa shape index (κ3) is 7.64. The lowest BCUT2D eigenvalue weighted by atomic mass is 10.1. The molecule has 0 unspecified atom stereocenters. The van der Waals surface area contributed by atoms with E-state index in [0.717, 1.165) is 6.42 Å². The summed E-state index contributed by atoms with van der Waals surface area (Å²) in [5.41, 5.74) is 2.74. The van der Waals surface area contributed by atoms with Gasteiger partial charge in [-0.2, -0.15) is 0 Å². The Morgan fingerprint density at radius 2 is 0.944 bits per heavy atom. The normalized spacial score (nSPS) is 8.44. The van der Waals surface area contributed by atoms with Crippen LogP contribution in [0.1, 0.15) is 25.0 Å². The van der Waals surface area contributed by atoms with Crippen LogP contribution in [0.5, 0.6) is 0 Å².